The zero-order valence-electron chi connectivity index (χ0n) is 10.8. The molecule has 2 aromatic rings. The number of pyridine rings is 1. The predicted molar refractivity (Wildman–Crippen MR) is 85.1 cm³/mol. The van der Waals surface area contributed by atoms with Crippen LogP contribution in [-0.2, 0) is 6.42 Å². The van der Waals surface area contributed by atoms with Crippen LogP contribution in [-0.4, -0.2) is 10.9 Å². The quantitative estimate of drug-likeness (QED) is 0.878. The zero-order chi connectivity index (χ0) is 14.7. The summed E-state index contributed by atoms with van der Waals surface area (Å²) >= 11 is 9.38. The van der Waals surface area contributed by atoms with Gasteiger partial charge in [0.15, 0.2) is 0 Å². The number of hydrogen-bond donors (Lipinski definition) is 2. The van der Waals surface area contributed by atoms with Crippen LogP contribution in [0.2, 0.25) is 5.02 Å². The topological polar surface area (TPSA) is 68.0 Å². The second-order valence-electron chi connectivity index (χ2n) is 4.18. The third-order valence-electron chi connectivity index (χ3n) is 2.78. The molecule has 0 spiro atoms. The SMILES string of the molecule is CCc1cc(Br)ccc1NC(=O)c1nc(N)ccc1Cl. The molecular weight excluding hydrogens is 342 g/mol. The van der Waals surface area contributed by atoms with Gasteiger partial charge in [0.05, 0.1) is 5.02 Å². The van der Waals surface area contributed by atoms with Crippen molar-refractivity contribution in [2.24, 2.45) is 0 Å². The Morgan fingerprint density at radius 2 is 2.15 bits per heavy atom. The molecular formula is C14H13BrClN3O. The van der Waals surface area contributed by atoms with E-state index < -0.39 is 0 Å². The Morgan fingerprint density at radius 3 is 2.85 bits per heavy atom. The van der Waals surface area contributed by atoms with Crippen molar-refractivity contribution < 1.29 is 4.79 Å². The largest absolute Gasteiger partial charge is 0.384 e. The molecule has 0 unspecified atom stereocenters. The van der Waals surface area contributed by atoms with Gasteiger partial charge in [-0.1, -0.05) is 34.5 Å². The van der Waals surface area contributed by atoms with Gasteiger partial charge in [-0.15, -0.1) is 0 Å². The van der Waals surface area contributed by atoms with Crippen LogP contribution in [0.5, 0.6) is 0 Å². The molecule has 104 valence electrons. The van der Waals surface area contributed by atoms with E-state index in [1.165, 1.54) is 0 Å². The van der Waals surface area contributed by atoms with Gasteiger partial charge in [-0.25, -0.2) is 4.98 Å². The van der Waals surface area contributed by atoms with Crippen molar-refractivity contribution in [1.29, 1.82) is 0 Å². The first-order chi connectivity index (χ1) is 9.51. The van der Waals surface area contributed by atoms with E-state index in [0.29, 0.717) is 0 Å². The van der Waals surface area contributed by atoms with Crippen molar-refractivity contribution in [3.63, 3.8) is 0 Å². The van der Waals surface area contributed by atoms with Crippen molar-refractivity contribution in [3.8, 4) is 0 Å². The van der Waals surface area contributed by atoms with E-state index in [9.17, 15) is 4.79 Å². The average molecular weight is 355 g/mol. The van der Waals surface area contributed by atoms with Crippen LogP contribution < -0.4 is 11.1 Å². The number of carbonyl (C=O) groups is 1. The number of nitrogen functional groups attached to an aromatic ring is 1. The monoisotopic (exact) mass is 353 g/mol. The first kappa shape index (κ1) is 14.8. The van der Waals surface area contributed by atoms with Gasteiger partial charge < -0.3 is 11.1 Å². The molecule has 4 nitrogen and oxygen atoms in total. The Morgan fingerprint density at radius 1 is 1.40 bits per heavy atom. The Balaban J connectivity index is 2.30. The first-order valence-corrected chi connectivity index (χ1v) is 7.20. The van der Waals surface area contributed by atoms with Crippen LogP contribution in [0.15, 0.2) is 34.8 Å². The summed E-state index contributed by atoms with van der Waals surface area (Å²) < 4.78 is 0.965. The molecule has 3 N–H and O–H groups in total. The Labute approximate surface area is 130 Å². The van der Waals surface area contributed by atoms with Crippen molar-refractivity contribution >= 4 is 44.9 Å². The minimum Gasteiger partial charge on any atom is -0.384 e. The number of nitrogens with two attached hydrogens (primary N) is 1. The van der Waals surface area contributed by atoms with Crippen molar-refractivity contribution in [2.75, 3.05) is 11.1 Å². The number of nitrogens with zero attached hydrogens (tertiary/aromatic N) is 1. The summed E-state index contributed by atoms with van der Waals surface area (Å²) in [7, 11) is 0. The molecule has 1 heterocycles. The van der Waals surface area contributed by atoms with Crippen LogP contribution in [0, 0.1) is 0 Å². The summed E-state index contributed by atoms with van der Waals surface area (Å²) in [5.41, 5.74) is 7.46. The summed E-state index contributed by atoms with van der Waals surface area (Å²) in [6.07, 6.45) is 0.799. The molecule has 0 aliphatic rings. The number of amides is 1. The normalized spacial score (nSPS) is 10.3. The van der Waals surface area contributed by atoms with Crippen LogP contribution in [0.25, 0.3) is 0 Å². The van der Waals surface area contributed by atoms with Gasteiger partial charge in [-0.05, 0) is 42.3 Å². The van der Waals surface area contributed by atoms with E-state index in [-0.39, 0.29) is 22.4 Å². The van der Waals surface area contributed by atoms with E-state index in [0.717, 1.165) is 22.1 Å². The minimum atomic E-state index is -0.376. The molecule has 1 amide bonds. The fraction of sp³-hybridized carbons (Fsp3) is 0.143. The van der Waals surface area contributed by atoms with Crippen LogP contribution >= 0.6 is 27.5 Å². The molecule has 0 atom stereocenters. The summed E-state index contributed by atoms with van der Waals surface area (Å²) in [6.45, 7) is 2.02. The molecule has 2 rings (SSSR count). The number of nitrogens with one attached hydrogen (secondary N) is 1. The highest BCUT2D eigenvalue weighted by molar-refractivity contribution is 9.10. The maximum Gasteiger partial charge on any atom is 0.275 e. The van der Waals surface area contributed by atoms with Crippen LogP contribution in [0.4, 0.5) is 11.5 Å². The number of halogens is 2. The number of benzene rings is 1. The molecule has 20 heavy (non-hydrogen) atoms. The zero-order valence-corrected chi connectivity index (χ0v) is 13.1. The molecule has 0 aliphatic heterocycles. The maximum atomic E-state index is 12.2. The third-order valence-corrected chi connectivity index (χ3v) is 3.58. The summed E-state index contributed by atoms with van der Waals surface area (Å²) in [6, 6.07) is 8.77. The molecule has 0 radical (unpaired) electrons. The van der Waals surface area contributed by atoms with Gasteiger partial charge in [-0.2, -0.15) is 0 Å². The molecule has 0 saturated heterocycles. The standard InChI is InChI=1S/C14H13BrClN3O/c1-2-8-7-9(15)3-5-11(8)18-14(20)13-10(16)4-6-12(17)19-13/h3-7H,2H2,1H3,(H2,17,19)(H,18,20). The Kier molecular flexibility index (Phi) is 4.62. The van der Waals surface area contributed by atoms with Crippen molar-refractivity contribution in [1.82, 2.24) is 4.98 Å². The lowest BCUT2D eigenvalue weighted by molar-refractivity contribution is 0.102. The molecule has 0 bridgehead atoms. The number of rotatable bonds is 3. The third kappa shape index (κ3) is 3.29. The van der Waals surface area contributed by atoms with Gasteiger partial charge in [-0.3, -0.25) is 4.79 Å². The molecule has 1 aromatic heterocycles. The predicted octanol–water partition coefficient (Wildman–Crippen LogP) is 3.89. The van der Waals surface area contributed by atoms with E-state index in [2.05, 4.69) is 26.2 Å². The van der Waals surface area contributed by atoms with Crippen molar-refractivity contribution in [2.45, 2.75) is 13.3 Å². The fourth-order valence-corrected chi connectivity index (χ4v) is 2.37. The van der Waals surface area contributed by atoms with E-state index in [1.54, 1.807) is 12.1 Å². The first-order valence-electron chi connectivity index (χ1n) is 6.03. The number of carbonyl (C=O) groups excluding carboxylic acids is 1. The lowest BCUT2D eigenvalue weighted by atomic mass is 10.1. The molecule has 1 aromatic carbocycles. The summed E-state index contributed by atoms with van der Waals surface area (Å²) in [5.74, 6) is -0.120. The number of aryl methyl sites for hydroxylation is 1. The summed E-state index contributed by atoms with van der Waals surface area (Å²) in [4.78, 5) is 16.2. The smallest absolute Gasteiger partial charge is 0.275 e. The lowest BCUT2D eigenvalue weighted by Crippen LogP contribution is -2.16. The van der Waals surface area contributed by atoms with Crippen LogP contribution in [0.3, 0.4) is 0 Å². The van der Waals surface area contributed by atoms with Gasteiger partial charge >= 0.3 is 0 Å². The van der Waals surface area contributed by atoms with Crippen LogP contribution in [0.1, 0.15) is 23.0 Å². The number of hydrogen-bond acceptors (Lipinski definition) is 3. The van der Waals surface area contributed by atoms with E-state index in [1.807, 2.05) is 25.1 Å². The van der Waals surface area contributed by atoms with Crippen molar-refractivity contribution in [3.05, 3.63) is 51.1 Å². The van der Waals surface area contributed by atoms with Gasteiger partial charge in [0, 0.05) is 10.2 Å². The summed E-state index contributed by atoms with van der Waals surface area (Å²) in [5, 5.41) is 3.08. The van der Waals surface area contributed by atoms with Gasteiger partial charge in [0.2, 0.25) is 0 Å². The highest BCUT2D eigenvalue weighted by Gasteiger charge is 2.14. The second kappa shape index (κ2) is 6.24. The molecule has 0 aliphatic carbocycles. The van der Waals surface area contributed by atoms with E-state index >= 15 is 0 Å². The highest BCUT2D eigenvalue weighted by Crippen LogP contribution is 2.23. The minimum absolute atomic E-state index is 0.122. The fourth-order valence-electron chi connectivity index (χ4n) is 1.77. The van der Waals surface area contributed by atoms with Gasteiger partial charge in [0.1, 0.15) is 11.5 Å². The molecule has 0 fully saturated rings. The number of aromatic nitrogens is 1. The van der Waals surface area contributed by atoms with Gasteiger partial charge in [0.25, 0.3) is 5.91 Å². The average Bonchev–Trinajstić information content (AvgIpc) is 2.43. The highest BCUT2D eigenvalue weighted by atomic mass is 79.9. The van der Waals surface area contributed by atoms with E-state index in [4.69, 9.17) is 17.3 Å². The second-order valence-corrected chi connectivity index (χ2v) is 5.50. The number of anilines is 2. The Hall–Kier alpha value is -1.59. The lowest BCUT2D eigenvalue weighted by Gasteiger charge is -2.11. The Bertz CT molecular complexity index is 661. The molecule has 0 saturated carbocycles. The molecule has 6 heteroatoms. The maximum absolute atomic E-state index is 12.2.